The van der Waals surface area contributed by atoms with Crippen molar-refractivity contribution in [2.24, 2.45) is 0 Å². The van der Waals surface area contributed by atoms with E-state index in [0.29, 0.717) is 17.3 Å². The monoisotopic (exact) mass is 352 g/mol. The molecule has 2 rings (SSSR count). The van der Waals surface area contributed by atoms with E-state index in [1.807, 2.05) is 24.3 Å². The van der Waals surface area contributed by atoms with Gasteiger partial charge in [-0.2, -0.15) is 0 Å². The number of carbonyl (C=O) groups is 1. The van der Waals surface area contributed by atoms with Gasteiger partial charge in [0.15, 0.2) is 5.16 Å². The Morgan fingerprint density at radius 2 is 2.00 bits per heavy atom. The molecule has 1 N–H and O–H groups in total. The molecule has 0 aliphatic heterocycles. The minimum absolute atomic E-state index is 0.0266. The third kappa shape index (κ3) is 4.97. The lowest BCUT2D eigenvalue weighted by molar-refractivity contribution is -0.118. The third-order valence-electron chi connectivity index (χ3n) is 3.30. The first-order valence-corrected chi connectivity index (χ1v) is 8.95. The van der Waals surface area contributed by atoms with Crippen molar-refractivity contribution in [1.29, 1.82) is 0 Å². The van der Waals surface area contributed by atoms with Crippen LogP contribution in [0.4, 0.5) is 0 Å². The molecule has 0 aliphatic carbocycles. The topological polar surface area (TPSA) is 59.8 Å². The number of thioether (sulfide) groups is 1. The molecular weight excluding hydrogens is 332 g/mol. The largest absolute Gasteiger partial charge is 0.351 e. The summed E-state index contributed by atoms with van der Waals surface area (Å²) < 4.78 is 2.08. The highest BCUT2D eigenvalue weighted by Gasteiger charge is 2.15. The van der Waals surface area contributed by atoms with Gasteiger partial charge in [0.05, 0.1) is 5.75 Å². The molecule has 0 spiro atoms. The molecule has 0 atom stereocenters. The van der Waals surface area contributed by atoms with Crippen LogP contribution in [0, 0.1) is 0 Å². The SMILES string of the molecule is CCc1nnc(SCC(=O)NCc2ccc(Cl)cc2)n1C(C)C. The van der Waals surface area contributed by atoms with Crippen molar-refractivity contribution in [1.82, 2.24) is 20.1 Å². The molecule has 5 nitrogen and oxygen atoms in total. The van der Waals surface area contributed by atoms with Crippen LogP contribution < -0.4 is 5.32 Å². The standard InChI is InChI=1S/C16H21ClN4OS/c1-4-14-19-20-16(21(14)11(2)3)23-10-15(22)18-9-12-5-7-13(17)8-6-12/h5-8,11H,4,9-10H2,1-3H3,(H,18,22). The van der Waals surface area contributed by atoms with E-state index in [-0.39, 0.29) is 11.9 Å². The van der Waals surface area contributed by atoms with Crippen LogP contribution in [0.5, 0.6) is 0 Å². The number of aromatic nitrogens is 3. The van der Waals surface area contributed by atoms with Gasteiger partial charge in [-0.25, -0.2) is 0 Å². The molecule has 0 unspecified atom stereocenters. The van der Waals surface area contributed by atoms with Gasteiger partial charge in [0, 0.05) is 24.0 Å². The average Bonchev–Trinajstić information content (AvgIpc) is 2.95. The Labute approximate surface area is 145 Å². The first kappa shape index (κ1) is 17.8. The lowest BCUT2D eigenvalue weighted by Gasteiger charge is -2.12. The predicted molar refractivity (Wildman–Crippen MR) is 93.8 cm³/mol. The van der Waals surface area contributed by atoms with Crippen molar-refractivity contribution in [3.63, 3.8) is 0 Å². The van der Waals surface area contributed by atoms with Gasteiger partial charge in [0.1, 0.15) is 5.82 Å². The Balaban J connectivity index is 1.87. The van der Waals surface area contributed by atoms with E-state index in [1.165, 1.54) is 11.8 Å². The molecule has 0 bridgehead atoms. The molecule has 0 aliphatic rings. The number of nitrogens with zero attached hydrogens (tertiary/aromatic N) is 3. The fraction of sp³-hybridized carbons (Fsp3) is 0.438. The van der Waals surface area contributed by atoms with Crippen molar-refractivity contribution in [3.05, 3.63) is 40.7 Å². The summed E-state index contributed by atoms with van der Waals surface area (Å²) in [6.07, 6.45) is 0.828. The van der Waals surface area contributed by atoms with Crippen molar-refractivity contribution in [3.8, 4) is 0 Å². The van der Waals surface area contributed by atoms with Gasteiger partial charge in [-0.3, -0.25) is 4.79 Å². The maximum absolute atomic E-state index is 12.0. The molecular formula is C16H21ClN4OS. The van der Waals surface area contributed by atoms with Crippen molar-refractivity contribution < 1.29 is 4.79 Å². The number of carbonyl (C=O) groups excluding carboxylic acids is 1. The van der Waals surface area contributed by atoms with Gasteiger partial charge in [0.25, 0.3) is 0 Å². The van der Waals surface area contributed by atoms with Crippen LogP contribution in [0.1, 0.15) is 38.2 Å². The lowest BCUT2D eigenvalue weighted by Crippen LogP contribution is -2.24. The molecule has 0 saturated carbocycles. The fourth-order valence-electron chi connectivity index (χ4n) is 2.15. The van der Waals surface area contributed by atoms with Crippen molar-refractivity contribution in [2.45, 2.75) is 44.9 Å². The summed E-state index contributed by atoms with van der Waals surface area (Å²) in [5.74, 6) is 1.24. The average molecular weight is 353 g/mol. The molecule has 1 aromatic carbocycles. The van der Waals surface area contributed by atoms with E-state index in [1.54, 1.807) is 0 Å². The minimum atomic E-state index is -0.0266. The Kier molecular flexibility index (Phi) is 6.47. The molecule has 1 amide bonds. The number of amides is 1. The van der Waals surface area contributed by atoms with Gasteiger partial charge in [-0.05, 0) is 31.5 Å². The van der Waals surface area contributed by atoms with Crippen LogP contribution in [0.25, 0.3) is 0 Å². The van der Waals surface area contributed by atoms with E-state index < -0.39 is 0 Å². The van der Waals surface area contributed by atoms with Gasteiger partial charge in [0.2, 0.25) is 5.91 Å². The number of hydrogen-bond acceptors (Lipinski definition) is 4. The quantitative estimate of drug-likeness (QED) is 0.775. The number of rotatable bonds is 7. The summed E-state index contributed by atoms with van der Waals surface area (Å²) in [5.41, 5.74) is 1.02. The summed E-state index contributed by atoms with van der Waals surface area (Å²) >= 11 is 7.25. The Morgan fingerprint density at radius 1 is 1.30 bits per heavy atom. The van der Waals surface area contributed by atoms with Crippen LogP contribution >= 0.6 is 23.4 Å². The van der Waals surface area contributed by atoms with Gasteiger partial charge < -0.3 is 9.88 Å². The molecule has 23 heavy (non-hydrogen) atoms. The maximum atomic E-state index is 12.0. The Bertz CT molecular complexity index is 655. The summed E-state index contributed by atoms with van der Waals surface area (Å²) in [5, 5.41) is 12.8. The smallest absolute Gasteiger partial charge is 0.230 e. The third-order valence-corrected chi connectivity index (χ3v) is 4.50. The van der Waals surface area contributed by atoms with E-state index in [4.69, 9.17) is 11.6 Å². The Hall–Kier alpha value is -1.53. The first-order chi connectivity index (χ1) is 11.0. The van der Waals surface area contributed by atoms with Gasteiger partial charge in [-0.15, -0.1) is 10.2 Å². The second-order valence-corrected chi connectivity index (χ2v) is 6.79. The first-order valence-electron chi connectivity index (χ1n) is 7.59. The van der Waals surface area contributed by atoms with Gasteiger partial charge >= 0.3 is 0 Å². The summed E-state index contributed by atoms with van der Waals surface area (Å²) in [6.45, 7) is 6.73. The summed E-state index contributed by atoms with van der Waals surface area (Å²) in [7, 11) is 0. The minimum Gasteiger partial charge on any atom is -0.351 e. The molecule has 0 radical (unpaired) electrons. The highest BCUT2D eigenvalue weighted by Crippen LogP contribution is 2.21. The van der Waals surface area contributed by atoms with Crippen molar-refractivity contribution >= 4 is 29.3 Å². The van der Waals surface area contributed by atoms with Crippen LogP contribution in [-0.4, -0.2) is 26.4 Å². The molecule has 0 fully saturated rings. The fourth-order valence-corrected chi connectivity index (χ4v) is 3.19. The lowest BCUT2D eigenvalue weighted by atomic mass is 10.2. The van der Waals surface area contributed by atoms with E-state index >= 15 is 0 Å². The Morgan fingerprint density at radius 3 is 2.61 bits per heavy atom. The van der Waals surface area contributed by atoms with Crippen LogP contribution in [0.2, 0.25) is 5.02 Å². The van der Waals surface area contributed by atoms with Crippen LogP contribution in [-0.2, 0) is 17.8 Å². The molecule has 124 valence electrons. The number of halogens is 1. The molecule has 0 saturated heterocycles. The normalized spacial score (nSPS) is 11.0. The zero-order chi connectivity index (χ0) is 16.8. The highest BCUT2D eigenvalue weighted by atomic mass is 35.5. The van der Waals surface area contributed by atoms with Crippen molar-refractivity contribution in [2.75, 3.05) is 5.75 Å². The molecule has 1 aromatic heterocycles. The van der Waals surface area contributed by atoms with Crippen LogP contribution in [0.3, 0.4) is 0 Å². The highest BCUT2D eigenvalue weighted by molar-refractivity contribution is 7.99. The van der Waals surface area contributed by atoms with E-state index in [9.17, 15) is 4.79 Å². The number of aryl methyl sites for hydroxylation is 1. The zero-order valence-electron chi connectivity index (χ0n) is 13.5. The van der Waals surface area contributed by atoms with Crippen LogP contribution in [0.15, 0.2) is 29.4 Å². The second-order valence-electron chi connectivity index (χ2n) is 5.41. The number of nitrogens with one attached hydrogen (secondary N) is 1. The predicted octanol–water partition coefficient (Wildman–Crippen LogP) is 3.48. The number of hydrogen-bond donors (Lipinski definition) is 1. The molecule has 1 heterocycles. The zero-order valence-corrected chi connectivity index (χ0v) is 15.1. The van der Waals surface area contributed by atoms with Gasteiger partial charge in [-0.1, -0.05) is 42.4 Å². The summed E-state index contributed by atoms with van der Waals surface area (Å²) in [6, 6.07) is 7.71. The van der Waals surface area contributed by atoms with E-state index in [2.05, 4.69) is 40.9 Å². The van der Waals surface area contributed by atoms with E-state index in [0.717, 1.165) is 23.0 Å². The number of benzene rings is 1. The summed E-state index contributed by atoms with van der Waals surface area (Å²) in [4.78, 5) is 12.0. The maximum Gasteiger partial charge on any atom is 0.230 e. The molecule has 7 heteroatoms. The second kappa shape index (κ2) is 8.36. The molecule has 2 aromatic rings.